The van der Waals surface area contributed by atoms with E-state index in [0.717, 1.165) is 0 Å². The Labute approximate surface area is 109 Å². The van der Waals surface area contributed by atoms with E-state index in [2.05, 4.69) is 0 Å². The average Bonchev–Trinajstić information content (AvgIpc) is 2.40. The fraction of sp³-hybridized carbons (Fsp3) is 0.727. The SMILES string of the molecule is CC(=O)CCC(=O)C(=O)[C@@H](N)[C@@H](O)[C@H](O)[C@H](O)CO. The first-order valence-corrected chi connectivity index (χ1v) is 5.69. The van der Waals surface area contributed by atoms with Gasteiger partial charge < -0.3 is 31.0 Å². The summed E-state index contributed by atoms with van der Waals surface area (Å²) >= 11 is 0. The molecule has 8 heteroatoms. The molecule has 4 atom stereocenters. The highest BCUT2D eigenvalue weighted by Gasteiger charge is 2.35. The van der Waals surface area contributed by atoms with Crippen LogP contribution in [0.15, 0.2) is 0 Å². The Morgan fingerprint density at radius 1 is 1.05 bits per heavy atom. The summed E-state index contributed by atoms with van der Waals surface area (Å²) in [5, 5.41) is 36.5. The van der Waals surface area contributed by atoms with Crippen molar-refractivity contribution in [1.82, 2.24) is 0 Å². The maximum absolute atomic E-state index is 11.5. The molecule has 0 aromatic carbocycles. The Morgan fingerprint density at radius 2 is 1.58 bits per heavy atom. The van der Waals surface area contributed by atoms with Crippen LogP contribution in [0.2, 0.25) is 0 Å². The molecule has 0 saturated heterocycles. The Hall–Kier alpha value is -1.19. The maximum Gasteiger partial charge on any atom is 0.217 e. The van der Waals surface area contributed by atoms with Gasteiger partial charge in [-0.3, -0.25) is 9.59 Å². The molecule has 0 aliphatic carbocycles. The van der Waals surface area contributed by atoms with E-state index in [1.165, 1.54) is 6.92 Å². The fourth-order valence-corrected chi connectivity index (χ4v) is 1.30. The van der Waals surface area contributed by atoms with E-state index in [1.54, 1.807) is 0 Å². The number of Topliss-reactive ketones (excluding diaryl/α,β-unsaturated/α-hetero) is 3. The third kappa shape index (κ3) is 5.53. The summed E-state index contributed by atoms with van der Waals surface area (Å²) in [4.78, 5) is 33.5. The minimum Gasteiger partial charge on any atom is -0.394 e. The van der Waals surface area contributed by atoms with Crippen molar-refractivity contribution in [3.63, 3.8) is 0 Å². The molecular weight excluding hydrogens is 258 g/mol. The Morgan fingerprint density at radius 3 is 2.00 bits per heavy atom. The average molecular weight is 277 g/mol. The number of aliphatic hydroxyl groups excluding tert-OH is 4. The molecule has 0 aliphatic rings. The van der Waals surface area contributed by atoms with E-state index in [0.29, 0.717) is 0 Å². The molecule has 0 aromatic rings. The third-order valence-corrected chi connectivity index (χ3v) is 2.58. The van der Waals surface area contributed by atoms with Crippen molar-refractivity contribution in [3.05, 3.63) is 0 Å². The van der Waals surface area contributed by atoms with E-state index in [4.69, 9.17) is 15.9 Å². The minimum absolute atomic E-state index is 0.116. The van der Waals surface area contributed by atoms with Gasteiger partial charge in [0.25, 0.3) is 0 Å². The third-order valence-electron chi connectivity index (χ3n) is 2.58. The van der Waals surface area contributed by atoms with Crippen LogP contribution in [-0.2, 0) is 14.4 Å². The van der Waals surface area contributed by atoms with Gasteiger partial charge in [-0.2, -0.15) is 0 Å². The Kier molecular flexibility index (Phi) is 7.57. The fourth-order valence-electron chi connectivity index (χ4n) is 1.30. The second kappa shape index (κ2) is 8.08. The van der Waals surface area contributed by atoms with Crippen LogP contribution >= 0.6 is 0 Å². The molecule has 0 radical (unpaired) electrons. The lowest BCUT2D eigenvalue weighted by atomic mass is 9.95. The van der Waals surface area contributed by atoms with E-state index in [-0.39, 0.29) is 18.6 Å². The summed E-state index contributed by atoms with van der Waals surface area (Å²) in [7, 11) is 0. The summed E-state index contributed by atoms with van der Waals surface area (Å²) in [5.74, 6) is -2.35. The van der Waals surface area contributed by atoms with Crippen LogP contribution in [-0.4, -0.2) is 68.7 Å². The first-order valence-electron chi connectivity index (χ1n) is 5.69. The van der Waals surface area contributed by atoms with Crippen LogP contribution in [0, 0.1) is 0 Å². The van der Waals surface area contributed by atoms with Crippen LogP contribution in [0.5, 0.6) is 0 Å². The van der Waals surface area contributed by atoms with E-state index >= 15 is 0 Å². The molecule has 0 saturated carbocycles. The normalized spacial score (nSPS) is 17.4. The molecule has 0 unspecified atom stereocenters. The lowest BCUT2D eigenvalue weighted by Crippen LogP contribution is -2.54. The smallest absolute Gasteiger partial charge is 0.217 e. The first kappa shape index (κ1) is 17.8. The highest BCUT2D eigenvalue weighted by molar-refractivity contribution is 6.39. The van der Waals surface area contributed by atoms with Gasteiger partial charge >= 0.3 is 0 Å². The first-order chi connectivity index (χ1) is 8.72. The van der Waals surface area contributed by atoms with Gasteiger partial charge in [-0.1, -0.05) is 0 Å². The van der Waals surface area contributed by atoms with Crippen molar-refractivity contribution in [2.45, 2.75) is 44.1 Å². The zero-order valence-electron chi connectivity index (χ0n) is 10.5. The predicted octanol–water partition coefficient (Wildman–Crippen LogP) is -3.10. The number of nitrogens with two attached hydrogens (primary N) is 1. The van der Waals surface area contributed by atoms with Gasteiger partial charge in [0.2, 0.25) is 11.6 Å². The standard InChI is InChI=1S/C11H19NO7/c1-5(14)2-3-6(15)9(17)8(12)11(19)10(18)7(16)4-13/h7-8,10-11,13,16,18-19H,2-4,12H2,1H3/t7-,8-,10-,11-/m1/s1. The van der Waals surface area contributed by atoms with Crippen LogP contribution < -0.4 is 5.73 Å². The summed E-state index contributed by atoms with van der Waals surface area (Å²) in [5.41, 5.74) is 5.30. The quantitative estimate of drug-likeness (QED) is 0.277. The second-order valence-electron chi connectivity index (χ2n) is 4.25. The number of hydrogen-bond acceptors (Lipinski definition) is 8. The van der Waals surface area contributed by atoms with Gasteiger partial charge in [0.1, 0.15) is 30.1 Å². The van der Waals surface area contributed by atoms with Crippen molar-refractivity contribution >= 4 is 17.3 Å². The number of carbonyl (C=O) groups is 3. The van der Waals surface area contributed by atoms with Gasteiger partial charge in [-0.15, -0.1) is 0 Å². The summed E-state index contributed by atoms with van der Waals surface area (Å²) in [6.07, 6.45) is -5.87. The zero-order chi connectivity index (χ0) is 15.2. The molecule has 0 fully saturated rings. The summed E-state index contributed by atoms with van der Waals surface area (Å²) in [6, 6.07) is -1.73. The van der Waals surface area contributed by atoms with Crippen molar-refractivity contribution < 1.29 is 34.8 Å². The number of ketones is 3. The maximum atomic E-state index is 11.5. The lowest BCUT2D eigenvalue weighted by molar-refractivity contribution is -0.142. The predicted molar refractivity (Wildman–Crippen MR) is 63.0 cm³/mol. The van der Waals surface area contributed by atoms with Crippen LogP contribution in [0.4, 0.5) is 0 Å². The van der Waals surface area contributed by atoms with E-state index in [9.17, 15) is 24.6 Å². The van der Waals surface area contributed by atoms with E-state index < -0.39 is 42.5 Å². The molecule has 0 bridgehead atoms. The molecule has 0 spiro atoms. The largest absolute Gasteiger partial charge is 0.394 e. The zero-order valence-corrected chi connectivity index (χ0v) is 10.5. The lowest BCUT2D eigenvalue weighted by Gasteiger charge is -2.25. The topological polar surface area (TPSA) is 158 Å². The molecule has 110 valence electrons. The van der Waals surface area contributed by atoms with Crippen LogP contribution in [0.25, 0.3) is 0 Å². The monoisotopic (exact) mass is 277 g/mol. The van der Waals surface area contributed by atoms with Gasteiger partial charge in [0.15, 0.2) is 0 Å². The van der Waals surface area contributed by atoms with Gasteiger partial charge in [0, 0.05) is 12.8 Å². The highest BCUT2D eigenvalue weighted by atomic mass is 16.4. The molecule has 8 nitrogen and oxygen atoms in total. The molecule has 0 rings (SSSR count). The molecule has 6 N–H and O–H groups in total. The number of rotatable bonds is 9. The van der Waals surface area contributed by atoms with Crippen LogP contribution in [0.3, 0.4) is 0 Å². The van der Waals surface area contributed by atoms with Crippen molar-refractivity contribution in [2.24, 2.45) is 5.73 Å². The van der Waals surface area contributed by atoms with E-state index in [1.807, 2.05) is 0 Å². The van der Waals surface area contributed by atoms with Gasteiger partial charge in [-0.05, 0) is 6.92 Å². The molecule has 0 heterocycles. The second-order valence-corrected chi connectivity index (χ2v) is 4.25. The molecule has 0 aromatic heterocycles. The van der Waals surface area contributed by atoms with Crippen molar-refractivity contribution in [1.29, 1.82) is 0 Å². The molecule has 0 amide bonds. The Balaban J connectivity index is 4.54. The van der Waals surface area contributed by atoms with Crippen molar-refractivity contribution in [3.8, 4) is 0 Å². The molecule has 0 aliphatic heterocycles. The number of aliphatic hydroxyl groups is 4. The van der Waals surface area contributed by atoms with Crippen molar-refractivity contribution in [2.75, 3.05) is 6.61 Å². The molecule has 19 heavy (non-hydrogen) atoms. The Bertz CT molecular complexity index is 344. The molecular formula is C11H19NO7. The summed E-state index contributed by atoms with van der Waals surface area (Å²) < 4.78 is 0. The summed E-state index contributed by atoms with van der Waals surface area (Å²) in [6.45, 7) is 0.422. The van der Waals surface area contributed by atoms with Crippen LogP contribution in [0.1, 0.15) is 19.8 Å². The number of carbonyl (C=O) groups excluding carboxylic acids is 3. The highest BCUT2D eigenvalue weighted by Crippen LogP contribution is 2.06. The minimum atomic E-state index is -1.89. The number of hydrogen-bond donors (Lipinski definition) is 5. The van der Waals surface area contributed by atoms with Gasteiger partial charge in [-0.25, -0.2) is 0 Å². The van der Waals surface area contributed by atoms with Gasteiger partial charge in [0.05, 0.1) is 6.61 Å².